The first-order chi connectivity index (χ1) is 7.16. The minimum absolute atomic E-state index is 0.467. The lowest BCUT2D eigenvalue weighted by Crippen LogP contribution is -1.77. The van der Waals surface area contributed by atoms with Crippen molar-refractivity contribution in [2.24, 2.45) is 0 Å². The SMILES string of the molecule is Cc1ccc(-c2cc(C(Cl)Cl)on2)cc1. The highest BCUT2D eigenvalue weighted by atomic mass is 35.5. The van der Waals surface area contributed by atoms with Gasteiger partial charge in [0.15, 0.2) is 10.6 Å². The molecule has 0 aliphatic carbocycles. The van der Waals surface area contributed by atoms with Crippen LogP contribution in [0.25, 0.3) is 11.3 Å². The van der Waals surface area contributed by atoms with Crippen LogP contribution in [0.15, 0.2) is 34.9 Å². The van der Waals surface area contributed by atoms with Crippen molar-refractivity contribution in [3.63, 3.8) is 0 Å². The standard InChI is InChI=1S/C11H9Cl2NO/c1-7-2-4-8(5-3-7)9-6-10(11(12)13)15-14-9/h2-6,11H,1H3. The number of halogens is 2. The Bertz CT molecular complexity index is 448. The predicted octanol–water partition coefficient (Wildman–Crippen LogP) is 4.13. The van der Waals surface area contributed by atoms with Gasteiger partial charge in [0.05, 0.1) is 0 Å². The Morgan fingerprint density at radius 1 is 1.20 bits per heavy atom. The van der Waals surface area contributed by atoms with Crippen molar-refractivity contribution in [2.45, 2.75) is 11.8 Å². The number of rotatable bonds is 2. The maximum atomic E-state index is 5.66. The largest absolute Gasteiger partial charge is 0.358 e. The summed E-state index contributed by atoms with van der Waals surface area (Å²) in [7, 11) is 0. The summed E-state index contributed by atoms with van der Waals surface area (Å²) in [6, 6.07) is 9.74. The molecule has 0 atom stereocenters. The van der Waals surface area contributed by atoms with Crippen molar-refractivity contribution in [3.05, 3.63) is 41.7 Å². The number of benzene rings is 1. The van der Waals surface area contributed by atoms with Gasteiger partial charge in [-0.15, -0.1) is 0 Å². The molecule has 2 rings (SSSR count). The molecule has 0 fully saturated rings. The first kappa shape index (κ1) is 10.5. The van der Waals surface area contributed by atoms with E-state index in [1.54, 1.807) is 6.07 Å². The highest BCUT2D eigenvalue weighted by Gasteiger charge is 2.11. The zero-order chi connectivity index (χ0) is 10.8. The Labute approximate surface area is 97.8 Å². The van der Waals surface area contributed by atoms with E-state index in [1.807, 2.05) is 31.2 Å². The second kappa shape index (κ2) is 4.25. The van der Waals surface area contributed by atoms with E-state index in [4.69, 9.17) is 27.7 Å². The van der Waals surface area contributed by atoms with E-state index in [0.717, 1.165) is 11.3 Å². The van der Waals surface area contributed by atoms with Crippen molar-refractivity contribution in [3.8, 4) is 11.3 Å². The quantitative estimate of drug-likeness (QED) is 0.740. The van der Waals surface area contributed by atoms with Gasteiger partial charge >= 0.3 is 0 Å². The maximum absolute atomic E-state index is 5.66. The molecule has 0 spiro atoms. The van der Waals surface area contributed by atoms with Crippen LogP contribution in [0, 0.1) is 6.92 Å². The van der Waals surface area contributed by atoms with Gasteiger partial charge in [0.25, 0.3) is 0 Å². The van der Waals surface area contributed by atoms with E-state index < -0.39 is 4.84 Å². The molecule has 0 amide bonds. The van der Waals surface area contributed by atoms with Crippen LogP contribution in [0.2, 0.25) is 0 Å². The van der Waals surface area contributed by atoms with Crippen molar-refractivity contribution in [2.75, 3.05) is 0 Å². The Kier molecular flexibility index (Phi) is 2.98. The van der Waals surface area contributed by atoms with Crippen molar-refractivity contribution in [1.82, 2.24) is 5.16 Å². The van der Waals surface area contributed by atoms with Crippen LogP contribution in [0.1, 0.15) is 16.2 Å². The second-order valence-electron chi connectivity index (χ2n) is 3.28. The predicted molar refractivity (Wildman–Crippen MR) is 61.1 cm³/mol. The second-order valence-corrected chi connectivity index (χ2v) is 4.38. The lowest BCUT2D eigenvalue weighted by Gasteiger charge is -1.95. The molecule has 2 aromatic rings. The van der Waals surface area contributed by atoms with Crippen molar-refractivity contribution in [1.29, 1.82) is 0 Å². The van der Waals surface area contributed by atoms with Crippen LogP contribution in [0.3, 0.4) is 0 Å². The van der Waals surface area contributed by atoms with Gasteiger partial charge in [0.1, 0.15) is 5.69 Å². The fourth-order valence-electron chi connectivity index (χ4n) is 1.25. The Balaban J connectivity index is 2.33. The van der Waals surface area contributed by atoms with Crippen LogP contribution in [0.5, 0.6) is 0 Å². The van der Waals surface area contributed by atoms with E-state index in [2.05, 4.69) is 5.16 Å². The molecule has 2 nitrogen and oxygen atoms in total. The average Bonchev–Trinajstić information content (AvgIpc) is 2.68. The van der Waals surface area contributed by atoms with Gasteiger partial charge in [-0.3, -0.25) is 0 Å². The van der Waals surface area contributed by atoms with Gasteiger partial charge in [-0.25, -0.2) is 0 Å². The molecule has 0 saturated carbocycles. The first-order valence-electron chi connectivity index (χ1n) is 4.48. The normalized spacial score (nSPS) is 10.9. The van der Waals surface area contributed by atoms with Gasteiger partial charge in [0.2, 0.25) is 0 Å². The average molecular weight is 242 g/mol. The highest BCUT2D eigenvalue weighted by Crippen LogP contribution is 2.28. The molecule has 1 aromatic carbocycles. The highest BCUT2D eigenvalue weighted by molar-refractivity contribution is 6.43. The summed E-state index contributed by atoms with van der Waals surface area (Å²) in [6.45, 7) is 2.03. The number of hydrogen-bond acceptors (Lipinski definition) is 2. The molecule has 0 aliphatic heterocycles. The number of aryl methyl sites for hydroxylation is 1. The molecule has 0 saturated heterocycles. The molecule has 0 bridgehead atoms. The lowest BCUT2D eigenvalue weighted by atomic mass is 10.1. The molecule has 0 aliphatic rings. The molecule has 4 heteroatoms. The van der Waals surface area contributed by atoms with Gasteiger partial charge in [-0.1, -0.05) is 58.2 Å². The van der Waals surface area contributed by atoms with E-state index >= 15 is 0 Å². The van der Waals surface area contributed by atoms with E-state index in [-0.39, 0.29) is 0 Å². The van der Waals surface area contributed by atoms with Crippen LogP contribution >= 0.6 is 23.2 Å². The molecule has 0 unspecified atom stereocenters. The van der Waals surface area contributed by atoms with Crippen LogP contribution in [-0.4, -0.2) is 5.16 Å². The van der Waals surface area contributed by atoms with Crippen molar-refractivity contribution >= 4 is 23.2 Å². The molecule has 1 aromatic heterocycles. The zero-order valence-corrected chi connectivity index (χ0v) is 9.59. The van der Waals surface area contributed by atoms with E-state index in [9.17, 15) is 0 Å². The fraction of sp³-hybridized carbons (Fsp3) is 0.182. The number of nitrogens with zero attached hydrogens (tertiary/aromatic N) is 1. The summed E-state index contributed by atoms with van der Waals surface area (Å²) in [5, 5.41) is 3.89. The van der Waals surface area contributed by atoms with Crippen LogP contribution < -0.4 is 0 Å². The van der Waals surface area contributed by atoms with Gasteiger partial charge in [-0.2, -0.15) is 0 Å². The molecular formula is C11H9Cl2NO. The smallest absolute Gasteiger partial charge is 0.170 e. The monoisotopic (exact) mass is 241 g/mol. The Hall–Kier alpha value is -0.990. The minimum Gasteiger partial charge on any atom is -0.358 e. The summed E-state index contributed by atoms with van der Waals surface area (Å²) < 4.78 is 5.00. The molecule has 0 N–H and O–H groups in total. The van der Waals surface area contributed by atoms with Crippen LogP contribution in [0.4, 0.5) is 0 Å². The summed E-state index contributed by atoms with van der Waals surface area (Å²) in [4.78, 5) is -0.670. The van der Waals surface area contributed by atoms with Crippen LogP contribution in [-0.2, 0) is 0 Å². The van der Waals surface area contributed by atoms with E-state index in [0.29, 0.717) is 5.76 Å². The van der Waals surface area contributed by atoms with Gasteiger partial charge < -0.3 is 4.52 Å². The summed E-state index contributed by atoms with van der Waals surface area (Å²) in [5.41, 5.74) is 2.94. The summed E-state index contributed by atoms with van der Waals surface area (Å²) in [6.07, 6.45) is 0. The molecule has 1 heterocycles. The first-order valence-corrected chi connectivity index (χ1v) is 5.36. The molecule has 0 radical (unpaired) electrons. The fourth-order valence-corrected chi connectivity index (χ4v) is 1.46. The number of alkyl halides is 2. The summed E-state index contributed by atoms with van der Waals surface area (Å²) >= 11 is 11.3. The Morgan fingerprint density at radius 3 is 2.40 bits per heavy atom. The van der Waals surface area contributed by atoms with Gasteiger partial charge in [0, 0.05) is 11.6 Å². The number of hydrogen-bond donors (Lipinski definition) is 0. The molecule has 78 valence electrons. The van der Waals surface area contributed by atoms with Crippen molar-refractivity contribution < 1.29 is 4.52 Å². The molecular weight excluding hydrogens is 233 g/mol. The zero-order valence-electron chi connectivity index (χ0n) is 8.08. The maximum Gasteiger partial charge on any atom is 0.170 e. The third kappa shape index (κ3) is 2.33. The molecule has 15 heavy (non-hydrogen) atoms. The van der Waals surface area contributed by atoms with E-state index in [1.165, 1.54) is 5.56 Å². The topological polar surface area (TPSA) is 26.0 Å². The third-order valence-corrected chi connectivity index (χ3v) is 2.52. The summed E-state index contributed by atoms with van der Waals surface area (Å²) in [5.74, 6) is 0.467. The lowest BCUT2D eigenvalue weighted by molar-refractivity contribution is 0.394. The number of aromatic nitrogens is 1. The minimum atomic E-state index is -0.670. The third-order valence-electron chi connectivity index (χ3n) is 2.09. The van der Waals surface area contributed by atoms with Gasteiger partial charge in [-0.05, 0) is 6.92 Å². The Morgan fingerprint density at radius 2 is 1.87 bits per heavy atom.